The largest absolute Gasteiger partial charge is 0.271 e. The van der Waals surface area contributed by atoms with Crippen molar-refractivity contribution >= 4 is 22.1 Å². The van der Waals surface area contributed by atoms with Gasteiger partial charge in [0.1, 0.15) is 0 Å². The minimum absolute atomic E-state index is 0.105. The van der Waals surface area contributed by atoms with Crippen molar-refractivity contribution in [3.63, 3.8) is 0 Å². The summed E-state index contributed by atoms with van der Waals surface area (Å²) in [5.41, 5.74) is 3.85. The lowest BCUT2D eigenvalue weighted by Crippen LogP contribution is -2.28. The number of benzene rings is 2. The van der Waals surface area contributed by atoms with Crippen molar-refractivity contribution in [2.24, 2.45) is 5.10 Å². The van der Waals surface area contributed by atoms with E-state index in [1.165, 1.54) is 28.7 Å². The Morgan fingerprint density at radius 3 is 2.52 bits per heavy atom. The molecule has 0 bridgehead atoms. The van der Waals surface area contributed by atoms with Gasteiger partial charge in [0.05, 0.1) is 22.7 Å². The second-order valence-corrected chi connectivity index (χ2v) is 8.01. The van der Waals surface area contributed by atoms with Crippen LogP contribution < -0.4 is 5.43 Å². The van der Waals surface area contributed by atoms with E-state index in [-0.39, 0.29) is 10.5 Å². The van der Waals surface area contributed by atoms with Crippen LogP contribution in [-0.2, 0) is 10.0 Å². The zero-order valence-corrected chi connectivity index (χ0v) is 15.3. The zero-order chi connectivity index (χ0) is 19.3. The van der Waals surface area contributed by atoms with Gasteiger partial charge in [-0.1, -0.05) is 18.2 Å². The monoisotopic (exact) mass is 382 g/mol. The molecule has 3 rings (SSSR count). The summed E-state index contributed by atoms with van der Waals surface area (Å²) in [7, 11) is -3.58. The number of sulfonamides is 1. The third kappa shape index (κ3) is 4.39. The van der Waals surface area contributed by atoms with E-state index in [2.05, 4.69) is 10.5 Å². The predicted molar refractivity (Wildman–Crippen MR) is 101 cm³/mol. The third-order valence-electron chi connectivity index (χ3n) is 4.22. The molecule has 1 aliphatic rings. The molecule has 0 unspecified atom stereocenters. The molecule has 27 heavy (non-hydrogen) atoms. The van der Waals surface area contributed by atoms with Crippen molar-refractivity contribution in [1.29, 1.82) is 5.26 Å². The number of rotatable bonds is 5. The van der Waals surface area contributed by atoms with Gasteiger partial charge in [0.15, 0.2) is 0 Å². The number of nitrogens with zero attached hydrogens (tertiary/aromatic N) is 3. The van der Waals surface area contributed by atoms with Crippen molar-refractivity contribution in [2.75, 3.05) is 13.1 Å². The second-order valence-electron chi connectivity index (χ2n) is 6.07. The number of hydrazone groups is 1. The number of carbonyl (C=O) groups is 1. The Morgan fingerprint density at radius 1 is 1.15 bits per heavy atom. The minimum Gasteiger partial charge on any atom is -0.267 e. The molecule has 0 aromatic heterocycles. The van der Waals surface area contributed by atoms with E-state index in [0.29, 0.717) is 18.7 Å². The number of amides is 1. The molecule has 0 aliphatic carbocycles. The van der Waals surface area contributed by atoms with Crippen LogP contribution in [0.2, 0.25) is 0 Å². The van der Waals surface area contributed by atoms with Crippen molar-refractivity contribution in [2.45, 2.75) is 17.7 Å². The van der Waals surface area contributed by atoms with Gasteiger partial charge < -0.3 is 0 Å². The van der Waals surface area contributed by atoms with E-state index >= 15 is 0 Å². The van der Waals surface area contributed by atoms with Crippen LogP contribution in [0, 0.1) is 11.3 Å². The van der Waals surface area contributed by atoms with Crippen molar-refractivity contribution in [3.05, 3.63) is 65.2 Å². The summed E-state index contributed by atoms with van der Waals surface area (Å²) in [4.78, 5) is 12.4. The second kappa shape index (κ2) is 8.12. The van der Waals surface area contributed by atoms with Crippen LogP contribution in [0.5, 0.6) is 0 Å². The Bertz CT molecular complexity index is 1000. The lowest BCUT2D eigenvalue weighted by atomic mass is 10.2. The molecule has 0 atom stereocenters. The fraction of sp³-hybridized carbons (Fsp3) is 0.211. The van der Waals surface area contributed by atoms with Gasteiger partial charge in [-0.3, -0.25) is 4.79 Å². The number of nitrogens with one attached hydrogen (secondary N) is 1. The van der Waals surface area contributed by atoms with E-state index in [1.54, 1.807) is 30.3 Å². The van der Waals surface area contributed by atoms with Crippen LogP contribution in [0.4, 0.5) is 0 Å². The SMILES string of the molecule is N#Cc1ccc(/C=N\NC(=O)c2cccc(S(=O)(=O)N3CCCC3)c2)cc1. The average molecular weight is 382 g/mol. The van der Waals surface area contributed by atoms with Crippen molar-refractivity contribution in [1.82, 2.24) is 9.73 Å². The maximum Gasteiger partial charge on any atom is 0.271 e. The molecule has 0 radical (unpaired) electrons. The van der Waals surface area contributed by atoms with Crippen molar-refractivity contribution < 1.29 is 13.2 Å². The molecule has 1 amide bonds. The maximum absolute atomic E-state index is 12.6. The van der Waals surface area contributed by atoms with Gasteiger partial charge in [0.25, 0.3) is 5.91 Å². The Kier molecular flexibility index (Phi) is 5.64. The highest BCUT2D eigenvalue weighted by atomic mass is 32.2. The summed E-state index contributed by atoms with van der Waals surface area (Å²) in [5, 5.41) is 12.6. The molecule has 1 heterocycles. The van der Waals surface area contributed by atoms with E-state index in [9.17, 15) is 13.2 Å². The molecule has 1 N–H and O–H groups in total. The van der Waals surface area contributed by atoms with Gasteiger partial charge in [0.2, 0.25) is 10.0 Å². The van der Waals surface area contributed by atoms with E-state index < -0.39 is 15.9 Å². The highest BCUT2D eigenvalue weighted by molar-refractivity contribution is 7.89. The fourth-order valence-corrected chi connectivity index (χ4v) is 4.31. The van der Waals surface area contributed by atoms with Crippen LogP contribution in [0.1, 0.15) is 34.3 Å². The fourth-order valence-electron chi connectivity index (χ4n) is 2.75. The van der Waals surface area contributed by atoms with E-state index in [4.69, 9.17) is 5.26 Å². The smallest absolute Gasteiger partial charge is 0.267 e. The van der Waals surface area contributed by atoms with Crippen LogP contribution in [-0.4, -0.2) is 37.9 Å². The topological polar surface area (TPSA) is 103 Å². The molecule has 0 saturated carbocycles. The first-order chi connectivity index (χ1) is 13.0. The summed E-state index contributed by atoms with van der Waals surface area (Å²) >= 11 is 0. The average Bonchev–Trinajstić information content (AvgIpc) is 3.24. The lowest BCUT2D eigenvalue weighted by Gasteiger charge is -2.15. The highest BCUT2D eigenvalue weighted by Crippen LogP contribution is 2.21. The Morgan fingerprint density at radius 2 is 1.85 bits per heavy atom. The molecular weight excluding hydrogens is 364 g/mol. The summed E-state index contributed by atoms with van der Waals surface area (Å²) in [5.74, 6) is -0.502. The lowest BCUT2D eigenvalue weighted by molar-refractivity contribution is 0.0955. The third-order valence-corrected chi connectivity index (χ3v) is 6.11. The number of nitriles is 1. The van der Waals surface area contributed by atoms with Crippen molar-refractivity contribution in [3.8, 4) is 6.07 Å². The van der Waals surface area contributed by atoms with Gasteiger partial charge in [-0.25, -0.2) is 13.8 Å². The van der Waals surface area contributed by atoms with Crippen LogP contribution in [0.15, 0.2) is 58.5 Å². The first-order valence-electron chi connectivity index (χ1n) is 8.44. The zero-order valence-electron chi connectivity index (χ0n) is 14.5. The number of hydrogen-bond acceptors (Lipinski definition) is 5. The molecule has 2 aromatic carbocycles. The number of carbonyl (C=O) groups excluding carboxylic acids is 1. The van der Waals surface area contributed by atoms with Crippen LogP contribution in [0.25, 0.3) is 0 Å². The Balaban J connectivity index is 1.70. The normalized spacial score (nSPS) is 14.9. The molecule has 1 fully saturated rings. The molecule has 1 saturated heterocycles. The standard InChI is InChI=1S/C19H18N4O3S/c20-13-15-6-8-16(9-7-15)14-21-22-19(24)17-4-3-5-18(12-17)27(25,26)23-10-1-2-11-23/h3-9,12,14H,1-2,10-11H2,(H,22,24)/b21-14-. The van der Waals surface area contributed by atoms with E-state index in [1.807, 2.05) is 6.07 Å². The minimum atomic E-state index is -3.58. The molecular formula is C19H18N4O3S. The van der Waals surface area contributed by atoms with Gasteiger partial charge >= 0.3 is 0 Å². The van der Waals surface area contributed by atoms with Crippen LogP contribution in [0.3, 0.4) is 0 Å². The predicted octanol–water partition coefficient (Wildman–Crippen LogP) is 2.11. The molecule has 8 heteroatoms. The summed E-state index contributed by atoms with van der Waals surface area (Å²) < 4.78 is 26.6. The highest BCUT2D eigenvalue weighted by Gasteiger charge is 2.27. The van der Waals surface area contributed by atoms with Gasteiger partial charge in [-0.2, -0.15) is 14.7 Å². The number of hydrogen-bond donors (Lipinski definition) is 1. The molecule has 1 aliphatic heterocycles. The first-order valence-corrected chi connectivity index (χ1v) is 9.88. The van der Waals surface area contributed by atoms with Crippen LogP contribution >= 0.6 is 0 Å². The Labute approximate surface area is 158 Å². The van der Waals surface area contributed by atoms with Gasteiger partial charge in [-0.05, 0) is 48.7 Å². The summed E-state index contributed by atoms with van der Waals surface area (Å²) in [6.07, 6.45) is 3.15. The van der Waals surface area contributed by atoms with Gasteiger partial charge in [0, 0.05) is 18.7 Å². The molecule has 0 spiro atoms. The van der Waals surface area contributed by atoms with E-state index in [0.717, 1.165) is 18.4 Å². The quantitative estimate of drug-likeness (QED) is 0.632. The Hall–Kier alpha value is -3.02. The molecule has 138 valence electrons. The summed E-state index contributed by atoms with van der Waals surface area (Å²) in [6.45, 7) is 1.02. The van der Waals surface area contributed by atoms with Gasteiger partial charge in [-0.15, -0.1) is 0 Å². The molecule has 7 nitrogen and oxygen atoms in total. The summed E-state index contributed by atoms with van der Waals surface area (Å²) in [6, 6.07) is 14.7. The maximum atomic E-state index is 12.6. The molecule has 2 aromatic rings. The first kappa shape index (κ1) is 18.8.